The molecular weight excluding hydrogens is 315 g/mol. The number of fused-ring (bicyclic) bond motifs is 1. The van der Waals surface area contributed by atoms with Crippen LogP contribution in [0.15, 0.2) is 77.6 Å². The Morgan fingerprint density at radius 3 is 2.36 bits per heavy atom. The van der Waals surface area contributed by atoms with Gasteiger partial charge < -0.3 is 0 Å². The summed E-state index contributed by atoms with van der Waals surface area (Å²) in [6.07, 6.45) is 0. The highest BCUT2D eigenvalue weighted by Crippen LogP contribution is 2.22. The van der Waals surface area contributed by atoms with Gasteiger partial charge in [0.1, 0.15) is 11.6 Å². The highest BCUT2D eigenvalue weighted by Gasteiger charge is 2.14. The Morgan fingerprint density at radius 1 is 0.920 bits per heavy atom. The summed E-state index contributed by atoms with van der Waals surface area (Å²) < 4.78 is 15.2. The van der Waals surface area contributed by atoms with E-state index in [4.69, 9.17) is 0 Å². The summed E-state index contributed by atoms with van der Waals surface area (Å²) in [5, 5.41) is 0.264. The maximum atomic E-state index is 13.7. The lowest BCUT2D eigenvalue weighted by molar-refractivity contribution is 0.629. The van der Waals surface area contributed by atoms with E-state index < -0.39 is 5.82 Å². The summed E-state index contributed by atoms with van der Waals surface area (Å²) in [7, 11) is 0. The van der Waals surface area contributed by atoms with Crippen molar-refractivity contribution in [2.45, 2.75) is 6.92 Å². The van der Waals surface area contributed by atoms with Gasteiger partial charge in [-0.05, 0) is 37.3 Å². The van der Waals surface area contributed by atoms with Crippen LogP contribution in [0, 0.1) is 12.7 Å². The van der Waals surface area contributed by atoms with E-state index in [0.29, 0.717) is 17.0 Å². The summed E-state index contributed by atoms with van der Waals surface area (Å²) in [6, 6.07) is 21.2. The number of aromatic nitrogens is 2. The van der Waals surface area contributed by atoms with Crippen molar-refractivity contribution < 1.29 is 4.39 Å². The molecule has 0 aliphatic heterocycles. The Hall–Kier alpha value is -3.27. The van der Waals surface area contributed by atoms with Crippen molar-refractivity contribution >= 4 is 10.9 Å². The molecule has 0 saturated carbocycles. The largest absolute Gasteiger partial charge is 0.268 e. The van der Waals surface area contributed by atoms with Crippen LogP contribution >= 0.6 is 0 Å². The fraction of sp³-hybridized carbons (Fsp3) is 0.0476. The quantitative estimate of drug-likeness (QED) is 0.542. The van der Waals surface area contributed by atoms with E-state index in [0.717, 1.165) is 11.1 Å². The highest BCUT2D eigenvalue weighted by atomic mass is 19.1. The number of rotatable bonds is 2. The number of benzene rings is 3. The normalized spacial score (nSPS) is 11.0. The third kappa shape index (κ3) is 2.72. The predicted octanol–water partition coefficient (Wildman–Crippen LogP) is 4.50. The van der Waals surface area contributed by atoms with Crippen molar-refractivity contribution in [1.82, 2.24) is 9.55 Å². The Labute approximate surface area is 144 Å². The van der Waals surface area contributed by atoms with Gasteiger partial charge in [-0.2, -0.15) is 0 Å². The van der Waals surface area contributed by atoms with Crippen LogP contribution in [0.5, 0.6) is 0 Å². The van der Waals surface area contributed by atoms with Crippen molar-refractivity contribution in [3.05, 3.63) is 94.5 Å². The van der Waals surface area contributed by atoms with Gasteiger partial charge in [0.05, 0.1) is 16.6 Å². The van der Waals surface area contributed by atoms with Crippen LogP contribution in [0.1, 0.15) is 5.56 Å². The molecule has 25 heavy (non-hydrogen) atoms. The van der Waals surface area contributed by atoms with Gasteiger partial charge in [0.2, 0.25) is 0 Å². The second kappa shape index (κ2) is 5.98. The molecule has 1 aromatic heterocycles. The van der Waals surface area contributed by atoms with Crippen LogP contribution in [0.2, 0.25) is 0 Å². The van der Waals surface area contributed by atoms with Crippen LogP contribution in [0.4, 0.5) is 4.39 Å². The summed E-state index contributed by atoms with van der Waals surface area (Å²) in [6.45, 7) is 1.98. The molecule has 0 fully saturated rings. The number of hydrogen-bond donors (Lipinski definition) is 0. The average Bonchev–Trinajstić information content (AvgIpc) is 2.64. The van der Waals surface area contributed by atoms with Gasteiger partial charge in [-0.3, -0.25) is 9.36 Å². The maximum Gasteiger partial charge on any atom is 0.266 e. The summed E-state index contributed by atoms with van der Waals surface area (Å²) in [5.41, 5.74) is 2.82. The van der Waals surface area contributed by atoms with Gasteiger partial charge in [0.15, 0.2) is 0 Å². The molecule has 0 aliphatic carbocycles. The predicted molar refractivity (Wildman–Crippen MR) is 97.5 cm³/mol. The van der Waals surface area contributed by atoms with E-state index in [1.54, 1.807) is 0 Å². The van der Waals surface area contributed by atoms with Gasteiger partial charge >= 0.3 is 0 Å². The molecule has 0 saturated heterocycles. The fourth-order valence-corrected chi connectivity index (χ4v) is 2.87. The van der Waals surface area contributed by atoms with E-state index in [9.17, 15) is 9.18 Å². The van der Waals surface area contributed by atoms with Gasteiger partial charge in [0.25, 0.3) is 5.56 Å². The Kier molecular flexibility index (Phi) is 3.65. The number of halogens is 1. The third-order valence-electron chi connectivity index (χ3n) is 4.15. The molecule has 0 spiro atoms. The summed E-state index contributed by atoms with van der Waals surface area (Å²) in [4.78, 5) is 17.8. The lowest BCUT2D eigenvalue weighted by atomic mass is 10.1. The zero-order chi connectivity index (χ0) is 17.4. The Morgan fingerprint density at radius 2 is 1.64 bits per heavy atom. The summed E-state index contributed by atoms with van der Waals surface area (Å²) >= 11 is 0. The van der Waals surface area contributed by atoms with Crippen molar-refractivity contribution in [2.75, 3.05) is 0 Å². The molecule has 4 heteroatoms. The first-order chi connectivity index (χ1) is 12.1. The molecule has 0 unspecified atom stereocenters. The van der Waals surface area contributed by atoms with E-state index in [-0.39, 0.29) is 10.9 Å². The Bertz CT molecular complexity index is 1120. The molecule has 0 atom stereocenters. The SMILES string of the molecule is Cc1ccc(-n2c(-c3ccccc3)nc3ccc(F)cc3c2=O)cc1. The lowest BCUT2D eigenvalue weighted by Gasteiger charge is -2.14. The molecule has 0 aliphatic rings. The molecule has 0 amide bonds. The first kappa shape index (κ1) is 15.3. The van der Waals surface area contributed by atoms with Crippen molar-refractivity contribution in [1.29, 1.82) is 0 Å². The molecule has 3 aromatic carbocycles. The van der Waals surface area contributed by atoms with Crippen LogP contribution in [0.25, 0.3) is 28.0 Å². The summed E-state index contributed by atoms with van der Waals surface area (Å²) in [5.74, 6) is 0.0860. The molecule has 4 aromatic rings. The second-order valence-corrected chi connectivity index (χ2v) is 5.94. The minimum absolute atomic E-state index is 0.264. The second-order valence-electron chi connectivity index (χ2n) is 5.94. The molecule has 0 N–H and O–H groups in total. The van der Waals surface area contributed by atoms with Crippen LogP contribution in [-0.4, -0.2) is 9.55 Å². The third-order valence-corrected chi connectivity index (χ3v) is 4.15. The average molecular weight is 330 g/mol. The zero-order valence-electron chi connectivity index (χ0n) is 13.6. The molecule has 122 valence electrons. The van der Waals surface area contributed by atoms with Crippen molar-refractivity contribution in [3.8, 4) is 17.1 Å². The monoisotopic (exact) mass is 330 g/mol. The molecule has 3 nitrogen and oxygen atoms in total. The molecular formula is C21H15FN2O. The van der Waals surface area contributed by atoms with Crippen LogP contribution in [-0.2, 0) is 0 Å². The Balaban J connectivity index is 2.12. The smallest absolute Gasteiger partial charge is 0.266 e. The number of aryl methyl sites for hydroxylation is 1. The standard InChI is InChI=1S/C21H15FN2O/c1-14-7-10-17(11-8-14)24-20(15-5-3-2-4-6-15)23-19-12-9-16(22)13-18(19)21(24)25/h2-13H,1H3. The number of hydrogen-bond acceptors (Lipinski definition) is 2. The highest BCUT2D eigenvalue weighted by molar-refractivity contribution is 5.80. The molecule has 0 bridgehead atoms. The van der Waals surface area contributed by atoms with Crippen LogP contribution < -0.4 is 5.56 Å². The van der Waals surface area contributed by atoms with E-state index >= 15 is 0 Å². The van der Waals surface area contributed by atoms with Gasteiger partial charge in [0, 0.05) is 5.56 Å². The molecule has 4 rings (SSSR count). The van der Waals surface area contributed by atoms with E-state index in [1.165, 1.54) is 22.8 Å². The molecule has 1 heterocycles. The van der Waals surface area contributed by atoms with E-state index in [1.807, 2.05) is 61.5 Å². The topological polar surface area (TPSA) is 34.9 Å². The minimum Gasteiger partial charge on any atom is -0.268 e. The minimum atomic E-state index is -0.450. The number of nitrogens with zero attached hydrogens (tertiary/aromatic N) is 2. The van der Waals surface area contributed by atoms with Gasteiger partial charge in [-0.25, -0.2) is 9.37 Å². The first-order valence-corrected chi connectivity index (χ1v) is 7.98. The fourth-order valence-electron chi connectivity index (χ4n) is 2.87. The van der Waals surface area contributed by atoms with Crippen molar-refractivity contribution in [2.24, 2.45) is 0 Å². The van der Waals surface area contributed by atoms with E-state index in [2.05, 4.69) is 4.98 Å². The molecule has 0 radical (unpaired) electrons. The lowest BCUT2D eigenvalue weighted by Crippen LogP contribution is -2.22. The van der Waals surface area contributed by atoms with Gasteiger partial charge in [-0.15, -0.1) is 0 Å². The van der Waals surface area contributed by atoms with Crippen LogP contribution in [0.3, 0.4) is 0 Å². The maximum absolute atomic E-state index is 13.7. The first-order valence-electron chi connectivity index (χ1n) is 7.98. The zero-order valence-corrected chi connectivity index (χ0v) is 13.6. The van der Waals surface area contributed by atoms with Crippen molar-refractivity contribution in [3.63, 3.8) is 0 Å². The van der Waals surface area contributed by atoms with Gasteiger partial charge in [-0.1, -0.05) is 48.0 Å².